The first kappa shape index (κ1) is 11.7. The number of aryl methyl sites for hydroxylation is 1. The van der Waals surface area contributed by atoms with Crippen molar-refractivity contribution in [3.63, 3.8) is 0 Å². The molecule has 3 heterocycles. The van der Waals surface area contributed by atoms with Crippen molar-refractivity contribution < 1.29 is 0 Å². The number of hydrogen-bond donors (Lipinski definition) is 1. The van der Waals surface area contributed by atoms with Gasteiger partial charge in [0.1, 0.15) is 17.5 Å². The van der Waals surface area contributed by atoms with Crippen LogP contribution in [0.4, 0.5) is 11.6 Å². The van der Waals surface area contributed by atoms with Gasteiger partial charge in [-0.25, -0.2) is 9.97 Å². The molecular weight excluding hydrogens is 226 g/mol. The summed E-state index contributed by atoms with van der Waals surface area (Å²) >= 11 is 0. The lowest BCUT2D eigenvalue weighted by atomic mass is 9.83. The van der Waals surface area contributed by atoms with Gasteiger partial charge in [0.2, 0.25) is 0 Å². The lowest BCUT2D eigenvalue weighted by molar-refractivity contribution is 0.227. The second kappa shape index (κ2) is 4.39. The van der Waals surface area contributed by atoms with E-state index in [1.54, 1.807) is 0 Å². The SMILES string of the molecule is Cc1nc(N(C)C)cc(N2C[C@@H]3CCNC[C@@H]32)n1. The van der Waals surface area contributed by atoms with Crippen LogP contribution in [-0.2, 0) is 0 Å². The van der Waals surface area contributed by atoms with Crippen LogP contribution in [0.5, 0.6) is 0 Å². The van der Waals surface area contributed by atoms with Gasteiger partial charge in [-0.05, 0) is 25.8 Å². The third-order valence-corrected chi connectivity index (χ3v) is 3.98. The summed E-state index contributed by atoms with van der Waals surface area (Å²) in [6.45, 7) is 5.37. The summed E-state index contributed by atoms with van der Waals surface area (Å²) in [5.41, 5.74) is 0. The topological polar surface area (TPSA) is 44.3 Å². The Balaban J connectivity index is 1.84. The van der Waals surface area contributed by atoms with Crippen LogP contribution >= 0.6 is 0 Å². The summed E-state index contributed by atoms with van der Waals surface area (Å²) < 4.78 is 0. The molecule has 0 saturated carbocycles. The molecule has 2 saturated heterocycles. The van der Waals surface area contributed by atoms with Crippen molar-refractivity contribution >= 4 is 11.6 Å². The molecule has 0 spiro atoms. The van der Waals surface area contributed by atoms with Gasteiger partial charge in [-0.15, -0.1) is 0 Å². The van der Waals surface area contributed by atoms with Crippen molar-refractivity contribution in [1.82, 2.24) is 15.3 Å². The van der Waals surface area contributed by atoms with Gasteiger partial charge in [-0.1, -0.05) is 0 Å². The Hall–Kier alpha value is -1.36. The first-order chi connectivity index (χ1) is 8.65. The highest BCUT2D eigenvalue weighted by Gasteiger charge is 2.41. The number of hydrogen-bond acceptors (Lipinski definition) is 5. The lowest BCUT2D eigenvalue weighted by Gasteiger charge is -2.51. The molecule has 5 heteroatoms. The van der Waals surface area contributed by atoms with E-state index in [-0.39, 0.29) is 0 Å². The fourth-order valence-corrected chi connectivity index (χ4v) is 2.90. The van der Waals surface area contributed by atoms with E-state index in [9.17, 15) is 0 Å². The van der Waals surface area contributed by atoms with Gasteiger partial charge < -0.3 is 15.1 Å². The maximum Gasteiger partial charge on any atom is 0.134 e. The maximum atomic E-state index is 4.59. The van der Waals surface area contributed by atoms with E-state index in [0.29, 0.717) is 6.04 Å². The Morgan fingerprint density at radius 1 is 1.39 bits per heavy atom. The third kappa shape index (κ3) is 1.92. The highest BCUT2D eigenvalue weighted by Crippen LogP contribution is 2.34. The van der Waals surface area contributed by atoms with Gasteiger partial charge in [-0.3, -0.25) is 0 Å². The summed E-state index contributed by atoms with van der Waals surface area (Å²) in [5.74, 6) is 3.77. The number of nitrogens with zero attached hydrogens (tertiary/aromatic N) is 4. The molecule has 18 heavy (non-hydrogen) atoms. The number of nitrogens with one attached hydrogen (secondary N) is 1. The fourth-order valence-electron chi connectivity index (χ4n) is 2.90. The van der Waals surface area contributed by atoms with Gasteiger partial charge in [0.05, 0.1) is 0 Å². The molecule has 2 fully saturated rings. The summed E-state index contributed by atoms with van der Waals surface area (Å²) in [6.07, 6.45) is 1.30. The van der Waals surface area contributed by atoms with E-state index >= 15 is 0 Å². The Morgan fingerprint density at radius 3 is 2.94 bits per heavy atom. The van der Waals surface area contributed by atoms with Gasteiger partial charge >= 0.3 is 0 Å². The fraction of sp³-hybridized carbons (Fsp3) is 0.692. The minimum absolute atomic E-state index is 0.628. The van der Waals surface area contributed by atoms with Crippen molar-refractivity contribution in [2.45, 2.75) is 19.4 Å². The van der Waals surface area contributed by atoms with Crippen LogP contribution in [0, 0.1) is 12.8 Å². The Morgan fingerprint density at radius 2 is 2.22 bits per heavy atom. The first-order valence-electron chi connectivity index (χ1n) is 6.65. The summed E-state index contributed by atoms with van der Waals surface area (Å²) in [5, 5.41) is 3.47. The van der Waals surface area contributed by atoms with E-state index in [4.69, 9.17) is 0 Å². The second-order valence-corrected chi connectivity index (χ2v) is 5.50. The number of piperidine rings is 1. The number of anilines is 2. The molecule has 2 atom stereocenters. The van der Waals surface area contributed by atoms with Crippen LogP contribution in [-0.4, -0.2) is 49.7 Å². The minimum Gasteiger partial charge on any atom is -0.363 e. The zero-order chi connectivity index (χ0) is 12.7. The summed E-state index contributed by atoms with van der Waals surface area (Å²) in [7, 11) is 4.04. The molecule has 0 bridgehead atoms. The zero-order valence-electron chi connectivity index (χ0n) is 11.3. The first-order valence-corrected chi connectivity index (χ1v) is 6.65. The normalized spacial score (nSPS) is 26.5. The van der Waals surface area contributed by atoms with Gasteiger partial charge in [0.25, 0.3) is 0 Å². The molecule has 2 aliphatic rings. The molecule has 98 valence electrons. The van der Waals surface area contributed by atoms with Crippen LogP contribution in [0.1, 0.15) is 12.2 Å². The second-order valence-electron chi connectivity index (χ2n) is 5.50. The number of fused-ring (bicyclic) bond motifs is 1. The summed E-state index contributed by atoms with van der Waals surface area (Å²) in [4.78, 5) is 13.5. The van der Waals surface area contributed by atoms with Crippen LogP contribution in [0.3, 0.4) is 0 Å². The number of aromatic nitrogens is 2. The molecule has 0 aliphatic carbocycles. The maximum absolute atomic E-state index is 4.59. The van der Waals surface area contributed by atoms with Crippen LogP contribution in [0.25, 0.3) is 0 Å². The predicted octanol–water partition coefficient (Wildman–Crippen LogP) is 0.649. The third-order valence-electron chi connectivity index (χ3n) is 3.98. The Kier molecular flexibility index (Phi) is 2.86. The van der Waals surface area contributed by atoms with Crippen LogP contribution in [0.15, 0.2) is 6.07 Å². The average molecular weight is 247 g/mol. The molecule has 0 radical (unpaired) electrons. The van der Waals surface area contributed by atoms with E-state index in [0.717, 1.165) is 36.5 Å². The predicted molar refractivity (Wildman–Crippen MR) is 73.2 cm³/mol. The van der Waals surface area contributed by atoms with Gasteiger partial charge in [0, 0.05) is 39.3 Å². The quantitative estimate of drug-likeness (QED) is 0.831. The number of rotatable bonds is 2. The van der Waals surface area contributed by atoms with Crippen molar-refractivity contribution in [1.29, 1.82) is 0 Å². The van der Waals surface area contributed by atoms with Gasteiger partial charge in [-0.2, -0.15) is 0 Å². The molecule has 2 aliphatic heterocycles. The highest BCUT2D eigenvalue weighted by molar-refractivity contribution is 5.53. The van der Waals surface area contributed by atoms with E-state index < -0.39 is 0 Å². The molecule has 5 nitrogen and oxygen atoms in total. The highest BCUT2D eigenvalue weighted by atomic mass is 15.3. The zero-order valence-corrected chi connectivity index (χ0v) is 11.3. The Bertz CT molecular complexity index is 445. The van der Waals surface area contributed by atoms with Crippen LogP contribution < -0.4 is 15.1 Å². The van der Waals surface area contributed by atoms with Crippen molar-refractivity contribution in [2.75, 3.05) is 43.5 Å². The monoisotopic (exact) mass is 247 g/mol. The van der Waals surface area contributed by atoms with Crippen LogP contribution in [0.2, 0.25) is 0 Å². The molecular formula is C13H21N5. The molecule has 0 unspecified atom stereocenters. The minimum atomic E-state index is 0.628. The van der Waals surface area contributed by atoms with Crippen molar-refractivity contribution in [3.8, 4) is 0 Å². The molecule has 1 N–H and O–H groups in total. The molecule has 1 aromatic rings. The lowest BCUT2D eigenvalue weighted by Crippen LogP contribution is -2.64. The van der Waals surface area contributed by atoms with Gasteiger partial charge in [0.15, 0.2) is 0 Å². The van der Waals surface area contributed by atoms with E-state index in [1.807, 2.05) is 25.9 Å². The smallest absolute Gasteiger partial charge is 0.134 e. The largest absolute Gasteiger partial charge is 0.363 e. The molecule has 0 aromatic carbocycles. The summed E-state index contributed by atoms with van der Waals surface area (Å²) in [6, 6.07) is 2.72. The Labute approximate surface area is 108 Å². The molecule has 1 aromatic heterocycles. The van der Waals surface area contributed by atoms with E-state index in [1.165, 1.54) is 13.0 Å². The van der Waals surface area contributed by atoms with Crippen molar-refractivity contribution in [2.24, 2.45) is 5.92 Å². The van der Waals surface area contributed by atoms with Crippen molar-refractivity contribution in [3.05, 3.63) is 11.9 Å². The average Bonchev–Trinajstić information content (AvgIpc) is 2.30. The standard InChI is InChI=1S/C13H21N5/c1-9-15-12(17(2)3)6-13(16-9)18-8-10-4-5-14-7-11(10)18/h6,10-11,14H,4-5,7-8H2,1-3H3/t10-,11-/m0/s1. The molecule has 3 rings (SSSR count). The molecule has 0 amide bonds. The van der Waals surface area contributed by atoms with E-state index in [2.05, 4.69) is 26.3 Å².